The Morgan fingerprint density at radius 1 is 1.42 bits per heavy atom. The standard InChI is InChI=1S/C22H30N6O2S/c1-22(2,3)30-21(29)24-7-9-27-8-4-5-15(13-27)18-11-19(23)28-20(26-18)17(12-25-28)16-6-10-31-14-16/h6,10-12,14-15H,4-5,7-9,13,23H2,1-3H3,(H,24,29). The van der Waals surface area contributed by atoms with Crippen molar-refractivity contribution in [1.29, 1.82) is 0 Å². The molecule has 166 valence electrons. The molecule has 0 saturated carbocycles. The van der Waals surface area contributed by atoms with Crippen LogP contribution in [-0.4, -0.2) is 57.4 Å². The van der Waals surface area contributed by atoms with Crippen LogP contribution in [0.4, 0.5) is 10.6 Å². The number of ether oxygens (including phenoxy) is 1. The van der Waals surface area contributed by atoms with E-state index in [0.29, 0.717) is 18.3 Å². The third kappa shape index (κ3) is 5.16. The zero-order chi connectivity index (χ0) is 22.0. The molecule has 4 rings (SSSR count). The van der Waals surface area contributed by atoms with Crippen LogP contribution < -0.4 is 11.1 Å². The van der Waals surface area contributed by atoms with E-state index in [4.69, 9.17) is 15.5 Å². The molecule has 31 heavy (non-hydrogen) atoms. The van der Waals surface area contributed by atoms with Crippen LogP contribution in [0.3, 0.4) is 0 Å². The highest BCUT2D eigenvalue weighted by molar-refractivity contribution is 7.08. The molecule has 8 nitrogen and oxygen atoms in total. The van der Waals surface area contributed by atoms with Crippen LogP contribution in [0, 0.1) is 0 Å². The Kier molecular flexibility index (Phi) is 6.15. The van der Waals surface area contributed by atoms with Crippen molar-refractivity contribution in [3.8, 4) is 11.1 Å². The summed E-state index contributed by atoms with van der Waals surface area (Å²) in [6.07, 6.45) is 3.61. The highest BCUT2D eigenvalue weighted by Crippen LogP contribution is 2.31. The van der Waals surface area contributed by atoms with E-state index in [1.807, 2.05) is 33.0 Å². The zero-order valence-corrected chi connectivity index (χ0v) is 19.1. The first-order valence-corrected chi connectivity index (χ1v) is 11.6. The lowest BCUT2D eigenvalue weighted by Crippen LogP contribution is -2.41. The topological polar surface area (TPSA) is 97.8 Å². The number of thiophene rings is 1. The van der Waals surface area contributed by atoms with Crippen molar-refractivity contribution in [2.45, 2.75) is 45.1 Å². The lowest BCUT2D eigenvalue weighted by atomic mass is 9.94. The smallest absolute Gasteiger partial charge is 0.407 e. The number of nitrogen functional groups attached to an aromatic ring is 1. The number of amides is 1. The predicted molar refractivity (Wildman–Crippen MR) is 123 cm³/mol. The van der Waals surface area contributed by atoms with Gasteiger partial charge in [0.25, 0.3) is 0 Å². The van der Waals surface area contributed by atoms with E-state index >= 15 is 0 Å². The Hall–Kier alpha value is -2.65. The predicted octanol–water partition coefficient (Wildman–Crippen LogP) is 3.74. The van der Waals surface area contributed by atoms with Gasteiger partial charge in [-0.1, -0.05) is 0 Å². The van der Waals surface area contributed by atoms with Crippen LogP contribution >= 0.6 is 11.3 Å². The lowest BCUT2D eigenvalue weighted by Gasteiger charge is -2.32. The second-order valence-corrected chi connectivity index (χ2v) is 9.76. The number of aromatic nitrogens is 3. The first-order valence-electron chi connectivity index (χ1n) is 10.7. The van der Waals surface area contributed by atoms with E-state index in [1.54, 1.807) is 15.9 Å². The molecule has 3 N–H and O–H groups in total. The molecular weight excluding hydrogens is 412 g/mol. The number of hydrogen-bond acceptors (Lipinski definition) is 7. The maximum atomic E-state index is 11.9. The average molecular weight is 443 g/mol. The molecule has 0 spiro atoms. The van der Waals surface area contributed by atoms with Crippen molar-refractivity contribution in [2.24, 2.45) is 0 Å². The van der Waals surface area contributed by atoms with Crippen molar-refractivity contribution in [3.63, 3.8) is 0 Å². The van der Waals surface area contributed by atoms with Gasteiger partial charge >= 0.3 is 6.09 Å². The summed E-state index contributed by atoms with van der Waals surface area (Å²) in [7, 11) is 0. The first kappa shape index (κ1) is 21.6. The molecule has 1 aliphatic heterocycles. The second-order valence-electron chi connectivity index (χ2n) is 8.98. The molecular formula is C22H30N6O2S. The van der Waals surface area contributed by atoms with E-state index < -0.39 is 5.60 Å². The molecule has 1 atom stereocenters. The van der Waals surface area contributed by atoms with Crippen molar-refractivity contribution in [2.75, 3.05) is 31.9 Å². The fourth-order valence-electron chi connectivity index (χ4n) is 3.97. The Morgan fingerprint density at radius 3 is 3.00 bits per heavy atom. The summed E-state index contributed by atoms with van der Waals surface area (Å²) in [6.45, 7) is 8.82. The number of hydrogen-bond donors (Lipinski definition) is 2. The Labute approximate surface area is 186 Å². The Bertz CT molecular complexity index is 1040. The van der Waals surface area contributed by atoms with Crippen molar-refractivity contribution in [1.82, 2.24) is 24.8 Å². The minimum absolute atomic E-state index is 0.299. The fraction of sp³-hybridized carbons (Fsp3) is 0.500. The number of alkyl carbamates (subject to hydrolysis) is 1. The number of piperidine rings is 1. The molecule has 1 unspecified atom stereocenters. The van der Waals surface area contributed by atoms with E-state index in [1.165, 1.54) is 0 Å². The summed E-state index contributed by atoms with van der Waals surface area (Å²) >= 11 is 1.65. The first-order chi connectivity index (χ1) is 14.8. The molecule has 0 radical (unpaired) electrons. The third-order valence-corrected chi connectivity index (χ3v) is 6.05. The van der Waals surface area contributed by atoms with Gasteiger partial charge in [0.05, 0.1) is 11.9 Å². The van der Waals surface area contributed by atoms with E-state index in [2.05, 4.69) is 32.1 Å². The van der Waals surface area contributed by atoms with Crippen molar-refractivity contribution in [3.05, 3.63) is 34.8 Å². The molecule has 0 bridgehead atoms. The number of rotatable bonds is 5. The van der Waals surface area contributed by atoms with Crippen LogP contribution in [-0.2, 0) is 4.74 Å². The molecule has 1 saturated heterocycles. The largest absolute Gasteiger partial charge is 0.444 e. The maximum Gasteiger partial charge on any atom is 0.407 e. The van der Waals surface area contributed by atoms with Crippen molar-refractivity contribution >= 4 is 28.9 Å². The van der Waals surface area contributed by atoms with Crippen molar-refractivity contribution < 1.29 is 9.53 Å². The highest BCUT2D eigenvalue weighted by Gasteiger charge is 2.24. The number of likely N-dealkylation sites (tertiary alicyclic amines) is 1. The van der Waals surface area contributed by atoms with E-state index in [0.717, 1.165) is 54.9 Å². The summed E-state index contributed by atoms with van der Waals surface area (Å²) in [5.74, 6) is 0.901. The average Bonchev–Trinajstić information content (AvgIpc) is 3.36. The van der Waals surface area contributed by atoms with Gasteiger partial charge in [-0.2, -0.15) is 21.0 Å². The number of nitrogens with one attached hydrogen (secondary N) is 1. The van der Waals surface area contributed by atoms with Gasteiger partial charge in [0, 0.05) is 37.2 Å². The number of nitrogens with two attached hydrogens (primary N) is 1. The SMILES string of the molecule is CC(C)(C)OC(=O)NCCN1CCCC(c2cc(N)n3ncc(-c4ccsc4)c3n2)C1. The number of nitrogens with zero attached hydrogens (tertiary/aromatic N) is 4. The molecule has 0 aromatic carbocycles. The molecule has 3 aromatic heterocycles. The Morgan fingerprint density at radius 2 is 2.26 bits per heavy atom. The van der Waals surface area contributed by atoms with Crippen LogP contribution in [0.1, 0.15) is 45.2 Å². The second kappa shape index (κ2) is 8.84. The van der Waals surface area contributed by atoms with Gasteiger partial charge in [0.1, 0.15) is 11.4 Å². The number of anilines is 1. The van der Waals surface area contributed by atoms with Gasteiger partial charge in [-0.25, -0.2) is 9.78 Å². The summed E-state index contributed by atoms with van der Waals surface area (Å²) in [5, 5.41) is 11.4. The van der Waals surface area contributed by atoms with Gasteiger partial charge in [-0.3, -0.25) is 0 Å². The summed E-state index contributed by atoms with van der Waals surface area (Å²) in [4.78, 5) is 19.2. The molecule has 9 heteroatoms. The van der Waals surface area contributed by atoms with E-state index in [9.17, 15) is 4.79 Å². The Balaban J connectivity index is 1.43. The van der Waals surface area contributed by atoms with Crippen LogP contribution in [0.25, 0.3) is 16.8 Å². The van der Waals surface area contributed by atoms with Crippen LogP contribution in [0.5, 0.6) is 0 Å². The summed E-state index contributed by atoms with van der Waals surface area (Å²) in [5.41, 5.74) is 9.76. The summed E-state index contributed by atoms with van der Waals surface area (Å²) < 4.78 is 7.02. The maximum absolute atomic E-state index is 11.9. The minimum atomic E-state index is -0.486. The molecule has 1 fully saturated rings. The van der Waals surface area contributed by atoms with Gasteiger partial charge < -0.3 is 20.7 Å². The van der Waals surface area contributed by atoms with E-state index in [-0.39, 0.29) is 6.09 Å². The zero-order valence-electron chi connectivity index (χ0n) is 18.3. The van der Waals surface area contributed by atoms with Crippen LogP contribution in [0.15, 0.2) is 29.1 Å². The number of fused-ring (bicyclic) bond motifs is 1. The van der Waals surface area contributed by atoms with Gasteiger partial charge in [-0.05, 0) is 62.5 Å². The monoisotopic (exact) mass is 442 g/mol. The normalized spacial score (nSPS) is 17.7. The quantitative estimate of drug-likeness (QED) is 0.625. The van der Waals surface area contributed by atoms with Crippen LogP contribution in [0.2, 0.25) is 0 Å². The number of carbonyl (C=O) groups is 1. The summed E-state index contributed by atoms with van der Waals surface area (Å²) in [6, 6.07) is 4.02. The highest BCUT2D eigenvalue weighted by atomic mass is 32.1. The fourth-order valence-corrected chi connectivity index (χ4v) is 4.62. The van der Waals surface area contributed by atoms with Gasteiger partial charge in [0.15, 0.2) is 5.65 Å². The minimum Gasteiger partial charge on any atom is -0.444 e. The van der Waals surface area contributed by atoms with Gasteiger partial charge in [-0.15, -0.1) is 0 Å². The third-order valence-electron chi connectivity index (χ3n) is 5.37. The number of carbonyl (C=O) groups excluding carboxylic acids is 1. The molecule has 3 aromatic rings. The molecule has 0 aliphatic carbocycles. The molecule has 1 aliphatic rings. The molecule has 4 heterocycles. The lowest BCUT2D eigenvalue weighted by molar-refractivity contribution is 0.0520. The molecule has 1 amide bonds. The van der Waals surface area contributed by atoms with Gasteiger partial charge in [0.2, 0.25) is 0 Å².